The molecule has 1 aromatic carbocycles. The van der Waals surface area contributed by atoms with E-state index in [-0.39, 0.29) is 33.1 Å². The van der Waals surface area contributed by atoms with Gasteiger partial charge in [0.25, 0.3) is 0 Å². The number of ether oxygens (including phenoxy) is 4. The molecule has 4 rings (SSSR count). The van der Waals surface area contributed by atoms with Gasteiger partial charge in [0, 0.05) is 0 Å². The second-order valence-corrected chi connectivity index (χ2v) is 7.56. The molecule has 126 valence electrons. The molecule has 3 N–H and O–H groups in total. The number of hydrogen-bond acceptors (Lipinski definition) is 7. The van der Waals surface area contributed by atoms with Gasteiger partial charge in [-0.3, -0.25) is 0 Å². The molecule has 24 heavy (non-hydrogen) atoms. The number of nitrogens with two attached hydrogens (primary N) is 1. The molecule has 1 unspecified atom stereocenters. The van der Waals surface area contributed by atoms with Gasteiger partial charge in [-0.15, -0.1) is 0 Å². The second-order valence-electron chi connectivity index (χ2n) is 5.34. The molecular weight excluding hydrogens is 381 g/mol. The van der Waals surface area contributed by atoms with Crippen LogP contribution in [0.4, 0.5) is 10.5 Å². The van der Waals surface area contributed by atoms with Crippen LogP contribution in [0.25, 0.3) is 0 Å². The SMILES string of the molecule is COc1c(C2CC(=O)Nc3nc(N)[se]c32)cc2c(c1OC)OCO2. The van der Waals surface area contributed by atoms with E-state index in [1.54, 1.807) is 14.2 Å². The van der Waals surface area contributed by atoms with Crippen molar-refractivity contribution in [1.82, 2.24) is 4.98 Å². The summed E-state index contributed by atoms with van der Waals surface area (Å²) in [5, 5.41) is 2.79. The Labute approximate surface area is 143 Å². The fraction of sp³-hybridized carbons (Fsp3) is 0.333. The summed E-state index contributed by atoms with van der Waals surface area (Å²) in [7, 11) is 3.11. The van der Waals surface area contributed by atoms with Crippen LogP contribution in [0.2, 0.25) is 0 Å². The number of carbonyl (C=O) groups is 1. The van der Waals surface area contributed by atoms with Crippen LogP contribution in [0.15, 0.2) is 6.07 Å². The first-order valence-corrected chi connectivity index (χ1v) is 8.94. The zero-order valence-corrected chi connectivity index (χ0v) is 14.8. The van der Waals surface area contributed by atoms with Crippen LogP contribution in [0.1, 0.15) is 22.3 Å². The van der Waals surface area contributed by atoms with Crippen LogP contribution < -0.4 is 30.0 Å². The van der Waals surface area contributed by atoms with Crippen LogP contribution in [0.5, 0.6) is 23.0 Å². The third kappa shape index (κ3) is 2.20. The fourth-order valence-corrected chi connectivity index (χ4v) is 4.96. The number of anilines is 2. The summed E-state index contributed by atoms with van der Waals surface area (Å²) >= 11 is -0.109. The van der Waals surface area contributed by atoms with Crippen LogP contribution in [-0.4, -0.2) is 46.4 Å². The van der Waals surface area contributed by atoms with Crippen LogP contribution in [0.3, 0.4) is 0 Å². The van der Waals surface area contributed by atoms with Crippen molar-refractivity contribution in [3.8, 4) is 23.0 Å². The van der Waals surface area contributed by atoms with Gasteiger partial charge >= 0.3 is 143 Å². The van der Waals surface area contributed by atoms with E-state index in [9.17, 15) is 4.79 Å². The quantitative estimate of drug-likeness (QED) is 0.744. The third-order valence-corrected chi connectivity index (χ3v) is 6.11. The van der Waals surface area contributed by atoms with Crippen molar-refractivity contribution in [3.05, 3.63) is 16.1 Å². The first-order valence-electron chi connectivity index (χ1n) is 7.23. The van der Waals surface area contributed by atoms with Crippen molar-refractivity contribution < 1.29 is 23.7 Å². The van der Waals surface area contributed by atoms with Crippen LogP contribution in [0, 0.1) is 0 Å². The molecule has 1 atom stereocenters. The van der Waals surface area contributed by atoms with Gasteiger partial charge in [0.2, 0.25) is 0 Å². The summed E-state index contributed by atoms with van der Waals surface area (Å²) in [5.74, 6) is 2.37. The number of nitrogens with zero attached hydrogens (tertiary/aromatic N) is 1. The maximum atomic E-state index is 12.1. The predicted octanol–water partition coefficient (Wildman–Crippen LogP) is 0.941. The summed E-state index contributed by atoms with van der Waals surface area (Å²) in [4.78, 5) is 16.4. The normalized spacial score (nSPS) is 18.1. The van der Waals surface area contributed by atoms with E-state index in [4.69, 9.17) is 24.7 Å². The van der Waals surface area contributed by atoms with Crippen LogP contribution in [-0.2, 0) is 4.79 Å². The standard InChI is InChI=1S/C15H15N3O5Se/c1-20-10-6(3-8-11(12(10)21-2)23-5-22-8)7-4-9(19)17-14-13(7)24-15(16)18-14/h3,7H,4-5H2,1-2H3,(H2,16,18)(H,17,19). The molecular formula is C15H15N3O5Se. The molecule has 0 fully saturated rings. The molecule has 0 radical (unpaired) electrons. The summed E-state index contributed by atoms with van der Waals surface area (Å²) in [6.07, 6.45) is 0.294. The minimum absolute atomic E-state index is 0.105. The van der Waals surface area contributed by atoms with E-state index >= 15 is 0 Å². The zero-order chi connectivity index (χ0) is 16.8. The number of aromatic nitrogens is 1. The van der Waals surface area contributed by atoms with Gasteiger partial charge in [-0.1, -0.05) is 0 Å². The number of amides is 1. The first-order chi connectivity index (χ1) is 11.6. The molecule has 1 aromatic heterocycles. The average molecular weight is 396 g/mol. The Bertz CT molecular complexity index is 835. The van der Waals surface area contributed by atoms with Crippen LogP contribution >= 0.6 is 0 Å². The number of rotatable bonds is 3. The van der Waals surface area contributed by atoms with E-state index in [0.29, 0.717) is 39.9 Å². The first kappa shape index (κ1) is 15.2. The molecule has 1 amide bonds. The van der Waals surface area contributed by atoms with Gasteiger partial charge in [-0.05, 0) is 0 Å². The molecule has 0 saturated heterocycles. The Morgan fingerprint density at radius 2 is 2.12 bits per heavy atom. The van der Waals surface area contributed by atoms with E-state index < -0.39 is 0 Å². The number of fused-ring (bicyclic) bond motifs is 2. The number of hydrogen-bond donors (Lipinski definition) is 2. The molecule has 2 aliphatic heterocycles. The van der Waals surface area contributed by atoms with Gasteiger partial charge < -0.3 is 0 Å². The Hall–Kier alpha value is -2.38. The van der Waals surface area contributed by atoms with E-state index in [2.05, 4.69) is 10.3 Å². The Kier molecular flexibility index (Phi) is 3.54. The van der Waals surface area contributed by atoms with Gasteiger partial charge in [-0.25, -0.2) is 0 Å². The molecule has 0 bridgehead atoms. The summed E-state index contributed by atoms with van der Waals surface area (Å²) in [6, 6.07) is 1.85. The van der Waals surface area contributed by atoms with E-state index in [0.717, 1.165) is 10.0 Å². The van der Waals surface area contributed by atoms with Crippen molar-refractivity contribution in [2.75, 3.05) is 32.1 Å². The molecule has 0 aliphatic carbocycles. The molecule has 9 heteroatoms. The van der Waals surface area contributed by atoms with Crippen molar-refractivity contribution in [2.45, 2.75) is 12.3 Å². The summed E-state index contributed by atoms with van der Waals surface area (Å²) in [6.45, 7) is 0.122. The monoisotopic (exact) mass is 397 g/mol. The number of methoxy groups -OCH3 is 2. The average Bonchev–Trinajstić information content (AvgIpc) is 3.17. The zero-order valence-electron chi connectivity index (χ0n) is 13.0. The van der Waals surface area contributed by atoms with Crippen molar-refractivity contribution in [1.29, 1.82) is 0 Å². The van der Waals surface area contributed by atoms with E-state index in [1.165, 1.54) is 0 Å². The number of nitrogen functional groups attached to an aromatic ring is 1. The van der Waals surface area contributed by atoms with Crippen molar-refractivity contribution in [2.24, 2.45) is 0 Å². The molecule has 0 spiro atoms. The molecule has 3 heterocycles. The Morgan fingerprint density at radius 3 is 2.88 bits per heavy atom. The summed E-state index contributed by atoms with van der Waals surface area (Å²) < 4.78 is 23.6. The summed E-state index contributed by atoms with van der Waals surface area (Å²) in [5.41, 5.74) is 6.69. The number of benzene rings is 1. The van der Waals surface area contributed by atoms with Gasteiger partial charge in [0.05, 0.1) is 0 Å². The van der Waals surface area contributed by atoms with Gasteiger partial charge in [0.1, 0.15) is 0 Å². The molecule has 8 nitrogen and oxygen atoms in total. The van der Waals surface area contributed by atoms with Gasteiger partial charge in [0.15, 0.2) is 0 Å². The second kappa shape index (κ2) is 5.61. The molecule has 2 aliphatic rings. The topological polar surface area (TPSA) is 105 Å². The Morgan fingerprint density at radius 1 is 1.33 bits per heavy atom. The van der Waals surface area contributed by atoms with Gasteiger partial charge in [-0.2, -0.15) is 0 Å². The Balaban J connectivity index is 1.92. The van der Waals surface area contributed by atoms with E-state index in [1.807, 2.05) is 6.07 Å². The van der Waals surface area contributed by atoms with Crippen molar-refractivity contribution >= 4 is 30.9 Å². The third-order valence-electron chi connectivity index (χ3n) is 4.02. The number of nitrogens with one attached hydrogen (secondary N) is 1. The molecule has 0 saturated carbocycles. The van der Waals surface area contributed by atoms with Crippen molar-refractivity contribution in [3.63, 3.8) is 0 Å². The maximum absolute atomic E-state index is 12.1. The predicted molar refractivity (Wildman–Crippen MR) is 86.3 cm³/mol. The number of carbonyl (C=O) groups excluding carboxylic acids is 1. The minimum atomic E-state index is -0.183. The fourth-order valence-electron chi connectivity index (χ4n) is 3.06. The molecule has 2 aromatic rings.